The number of hydrogen-bond acceptors (Lipinski definition) is 3. The Morgan fingerprint density at radius 1 is 1.29 bits per heavy atom. The lowest BCUT2D eigenvalue weighted by molar-refractivity contribution is -0.144. The largest absolute Gasteiger partial charge is 0.466 e. The van der Waals surface area contributed by atoms with Crippen molar-refractivity contribution in [3.8, 4) is 0 Å². The zero-order valence-electron chi connectivity index (χ0n) is 12.2. The summed E-state index contributed by atoms with van der Waals surface area (Å²) in [5, 5.41) is 0. The molecule has 2 rings (SSSR count). The average molecular weight is 297 g/mol. The zero-order chi connectivity index (χ0) is 15.2. The van der Waals surface area contributed by atoms with Crippen LogP contribution in [0.2, 0.25) is 0 Å². The highest BCUT2D eigenvalue weighted by molar-refractivity contribution is 5.70. The maximum Gasteiger partial charge on any atom is 0.307 e. The topological polar surface area (TPSA) is 29.5 Å². The lowest BCUT2D eigenvalue weighted by Crippen LogP contribution is -2.28. The molecule has 1 aliphatic heterocycles. The zero-order valence-corrected chi connectivity index (χ0v) is 12.2. The van der Waals surface area contributed by atoms with Crippen LogP contribution in [0.1, 0.15) is 49.8 Å². The van der Waals surface area contributed by atoms with E-state index in [9.17, 15) is 13.6 Å². The number of ether oxygens (including phenoxy) is 1. The van der Waals surface area contributed by atoms with Gasteiger partial charge in [0.25, 0.3) is 6.43 Å². The van der Waals surface area contributed by atoms with Crippen molar-refractivity contribution in [2.75, 3.05) is 19.7 Å². The minimum Gasteiger partial charge on any atom is -0.466 e. The molecule has 116 valence electrons. The van der Waals surface area contributed by atoms with Gasteiger partial charge in [0.2, 0.25) is 0 Å². The third kappa shape index (κ3) is 4.24. The van der Waals surface area contributed by atoms with E-state index < -0.39 is 6.43 Å². The highest BCUT2D eigenvalue weighted by Gasteiger charge is 2.26. The monoisotopic (exact) mass is 297 g/mol. The molecule has 5 heteroatoms. The molecule has 0 radical (unpaired) electrons. The van der Waals surface area contributed by atoms with Gasteiger partial charge in [-0.25, -0.2) is 8.78 Å². The summed E-state index contributed by atoms with van der Waals surface area (Å²) < 4.78 is 30.7. The number of nitrogens with zero attached hydrogens (tertiary/aromatic N) is 1. The summed E-state index contributed by atoms with van der Waals surface area (Å²) in [4.78, 5) is 14.0. The molecule has 21 heavy (non-hydrogen) atoms. The van der Waals surface area contributed by atoms with Crippen LogP contribution in [0.25, 0.3) is 0 Å². The number of likely N-dealkylation sites (tertiary alicyclic amines) is 1. The fraction of sp³-hybridized carbons (Fsp3) is 0.562. The maximum absolute atomic E-state index is 12.9. The lowest BCUT2D eigenvalue weighted by atomic mass is 10.00. The second-order valence-corrected chi connectivity index (χ2v) is 5.24. The first-order valence-electron chi connectivity index (χ1n) is 7.39. The molecule has 0 bridgehead atoms. The summed E-state index contributed by atoms with van der Waals surface area (Å²) >= 11 is 0. The number of carbonyl (C=O) groups is 1. The first-order chi connectivity index (χ1) is 10.1. The van der Waals surface area contributed by atoms with E-state index in [4.69, 9.17) is 4.74 Å². The van der Waals surface area contributed by atoms with Gasteiger partial charge >= 0.3 is 5.97 Å². The number of esters is 1. The Morgan fingerprint density at radius 3 is 2.57 bits per heavy atom. The maximum atomic E-state index is 12.9. The van der Waals surface area contributed by atoms with Gasteiger partial charge in [-0.1, -0.05) is 18.2 Å². The molecule has 1 unspecified atom stereocenters. The lowest BCUT2D eigenvalue weighted by Gasteiger charge is -2.27. The van der Waals surface area contributed by atoms with Crippen LogP contribution in [-0.4, -0.2) is 30.6 Å². The molecule has 1 aromatic rings. The smallest absolute Gasteiger partial charge is 0.307 e. The molecular weight excluding hydrogens is 276 g/mol. The summed E-state index contributed by atoms with van der Waals surface area (Å²) in [5.41, 5.74) is 0.767. The number of hydrogen-bond donors (Lipinski definition) is 0. The van der Waals surface area contributed by atoms with Crippen molar-refractivity contribution in [3.05, 3.63) is 35.4 Å². The quantitative estimate of drug-likeness (QED) is 0.750. The van der Waals surface area contributed by atoms with E-state index in [1.807, 2.05) is 6.07 Å². The van der Waals surface area contributed by atoms with Gasteiger partial charge in [0.05, 0.1) is 13.0 Å². The minimum absolute atomic E-state index is 0.000515. The molecule has 0 amide bonds. The van der Waals surface area contributed by atoms with Crippen molar-refractivity contribution >= 4 is 5.97 Å². The molecular formula is C16H21F2NO2. The second kappa shape index (κ2) is 7.50. The molecule has 1 atom stereocenters. The van der Waals surface area contributed by atoms with Gasteiger partial charge in [0.15, 0.2) is 0 Å². The molecule has 1 aromatic carbocycles. The van der Waals surface area contributed by atoms with Gasteiger partial charge < -0.3 is 4.74 Å². The Labute approximate surface area is 123 Å². The van der Waals surface area contributed by atoms with E-state index >= 15 is 0 Å². The fourth-order valence-electron chi connectivity index (χ4n) is 2.79. The van der Waals surface area contributed by atoms with Gasteiger partial charge in [0, 0.05) is 11.6 Å². The van der Waals surface area contributed by atoms with Crippen LogP contribution in [-0.2, 0) is 9.53 Å². The first kappa shape index (κ1) is 15.9. The van der Waals surface area contributed by atoms with Crippen LogP contribution < -0.4 is 0 Å². The summed E-state index contributed by atoms with van der Waals surface area (Å²) in [5.74, 6) is -0.281. The van der Waals surface area contributed by atoms with Gasteiger partial charge in [-0.2, -0.15) is 0 Å². The molecule has 0 aliphatic carbocycles. The normalized spacial score (nSPS) is 17.1. The fourth-order valence-corrected chi connectivity index (χ4v) is 2.79. The first-order valence-corrected chi connectivity index (χ1v) is 7.39. The molecule has 0 spiro atoms. The second-order valence-electron chi connectivity index (χ2n) is 5.24. The summed E-state index contributed by atoms with van der Waals surface area (Å²) in [6.07, 6.45) is -0.130. The van der Waals surface area contributed by atoms with Crippen LogP contribution >= 0.6 is 0 Å². The van der Waals surface area contributed by atoms with Crippen LogP contribution in [0, 0.1) is 0 Å². The van der Waals surface area contributed by atoms with E-state index in [1.165, 1.54) is 12.1 Å². The number of halogens is 2. The van der Waals surface area contributed by atoms with Crippen molar-refractivity contribution in [2.24, 2.45) is 0 Å². The average Bonchev–Trinajstić information content (AvgIpc) is 2.99. The number of carbonyl (C=O) groups excluding carboxylic acids is 1. The minimum atomic E-state index is -2.49. The molecule has 0 saturated carbocycles. The van der Waals surface area contributed by atoms with E-state index in [0.29, 0.717) is 6.61 Å². The van der Waals surface area contributed by atoms with Crippen molar-refractivity contribution in [3.63, 3.8) is 0 Å². The van der Waals surface area contributed by atoms with E-state index in [2.05, 4.69) is 4.90 Å². The van der Waals surface area contributed by atoms with E-state index in [-0.39, 0.29) is 24.0 Å². The molecule has 1 aliphatic rings. The predicted molar refractivity (Wildman–Crippen MR) is 76.2 cm³/mol. The van der Waals surface area contributed by atoms with Gasteiger partial charge in [0.1, 0.15) is 0 Å². The van der Waals surface area contributed by atoms with Crippen LogP contribution in [0.15, 0.2) is 24.3 Å². The Morgan fingerprint density at radius 2 is 1.95 bits per heavy atom. The van der Waals surface area contributed by atoms with Gasteiger partial charge in [-0.3, -0.25) is 9.69 Å². The summed E-state index contributed by atoms with van der Waals surface area (Å²) in [7, 11) is 0. The van der Waals surface area contributed by atoms with Crippen LogP contribution in [0.3, 0.4) is 0 Å². The van der Waals surface area contributed by atoms with Gasteiger partial charge in [-0.15, -0.1) is 0 Å². The van der Waals surface area contributed by atoms with Crippen molar-refractivity contribution in [1.29, 1.82) is 0 Å². The Kier molecular flexibility index (Phi) is 5.67. The van der Waals surface area contributed by atoms with Crippen molar-refractivity contribution < 1.29 is 18.3 Å². The third-order valence-corrected chi connectivity index (χ3v) is 3.79. The third-order valence-electron chi connectivity index (χ3n) is 3.79. The Hall–Kier alpha value is -1.49. The summed E-state index contributed by atoms with van der Waals surface area (Å²) in [6, 6.07) is 6.19. The number of alkyl halides is 2. The molecule has 1 heterocycles. The molecule has 0 N–H and O–H groups in total. The molecule has 1 saturated heterocycles. The number of rotatable bonds is 6. The van der Waals surface area contributed by atoms with Crippen LogP contribution in [0.5, 0.6) is 0 Å². The number of benzene rings is 1. The van der Waals surface area contributed by atoms with Gasteiger partial charge in [-0.05, 0) is 44.5 Å². The highest BCUT2D eigenvalue weighted by atomic mass is 19.3. The molecule has 1 fully saturated rings. The molecule has 3 nitrogen and oxygen atoms in total. The standard InChI is InChI=1S/C16H21F2NO2/c1-2-21-15(20)11-14(19-8-3-4-9-19)12-6-5-7-13(10-12)16(17)18/h5-7,10,14,16H,2-4,8-9,11H2,1H3. The highest BCUT2D eigenvalue weighted by Crippen LogP contribution is 2.30. The van der Waals surface area contributed by atoms with Crippen molar-refractivity contribution in [1.82, 2.24) is 4.90 Å². The molecule has 0 aromatic heterocycles. The van der Waals surface area contributed by atoms with E-state index in [0.717, 1.165) is 31.5 Å². The van der Waals surface area contributed by atoms with Crippen molar-refractivity contribution in [2.45, 2.75) is 38.7 Å². The Bertz CT molecular complexity index is 473. The predicted octanol–water partition coefficient (Wildman–Crippen LogP) is 3.71. The Balaban J connectivity index is 2.21. The summed E-state index contributed by atoms with van der Waals surface area (Å²) in [6.45, 7) is 3.88. The van der Waals surface area contributed by atoms with E-state index in [1.54, 1.807) is 13.0 Å². The SMILES string of the molecule is CCOC(=O)CC(c1cccc(C(F)F)c1)N1CCCC1. The van der Waals surface area contributed by atoms with Crippen LogP contribution in [0.4, 0.5) is 8.78 Å².